The summed E-state index contributed by atoms with van der Waals surface area (Å²) in [5, 5.41) is 27.4. The number of fused-ring (bicyclic) bond motifs is 3. The highest BCUT2D eigenvalue weighted by Crippen LogP contribution is 2.57. The van der Waals surface area contributed by atoms with Gasteiger partial charge in [0.15, 0.2) is 17.3 Å². The zero-order valence-electron chi connectivity index (χ0n) is 20.6. The number of allylic oxidation sites excluding steroid dienone is 4. The normalized spacial score (nSPS) is 19.6. The lowest BCUT2D eigenvalue weighted by Gasteiger charge is -2.29. The van der Waals surface area contributed by atoms with Gasteiger partial charge in [0.05, 0.1) is 11.1 Å². The maximum atomic E-state index is 13.9. The maximum absolute atomic E-state index is 13.9. The molecule has 0 unspecified atom stereocenters. The van der Waals surface area contributed by atoms with Crippen molar-refractivity contribution in [2.24, 2.45) is 0 Å². The molecule has 3 aromatic rings. The Bertz CT molecular complexity index is 1570. The van der Waals surface area contributed by atoms with Gasteiger partial charge in [-0.1, -0.05) is 18.2 Å². The highest BCUT2D eigenvalue weighted by atomic mass is 32.1. The number of Topliss-reactive ketones (excluding diaryl/α,β-unsaturated/α-hetero) is 2. The van der Waals surface area contributed by atoms with Gasteiger partial charge in [-0.15, -0.1) is 11.3 Å². The number of carbonyl (C=O) groups excluding carboxylic acids is 3. The number of rotatable bonds is 5. The highest BCUT2D eigenvalue weighted by molar-refractivity contribution is 7.13. The first-order chi connectivity index (χ1) is 17.6. The number of benzene rings is 2. The number of phenols is 2. The number of aromatic hydroxyl groups is 2. The molecule has 2 aromatic carbocycles. The van der Waals surface area contributed by atoms with Crippen LogP contribution in [0.5, 0.6) is 17.2 Å². The van der Waals surface area contributed by atoms with Crippen LogP contribution < -0.4 is 10.1 Å². The van der Waals surface area contributed by atoms with Crippen molar-refractivity contribution >= 4 is 28.7 Å². The zero-order chi connectivity index (χ0) is 26.6. The fraction of sp³-hybridized carbons (Fsp3) is 0.214. The molecule has 9 heteroatoms. The summed E-state index contributed by atoms with van der Waals surface area (Å²) >= 11 is 1.54. The van der Waals surface area contributed by atoms with E-state index in [4.69, 9.17) is 4.74 Å². The number of nitrogens with zero attached hydrogens (tertiary/aromatic N) is 1. The van der Waals surface area contributed by atoms with E-state index >= 15 is 0 Å². The fourth-order valence-electron chi connectivity index (χ4n) is 4.87. The minimum Gasteiger partial charge on any atom is -0.507 e. The third-order valence-corrected chi connectivity index (χ3v) is 7.75. The fourth-order valence-corrected chi connectivity index (χ4v) is 5.50. The third-order valence-electron chi connectivity index (χ3n) is 6.92. The largest absolute Gasteiger partial charge is 0.507 e. The van der Waals surface area contributed by atoms with Crippen LogP contribution in [0.15, 0.2) is 58.9 Å². The average Bonchev–Trinajstić information content (AvgIpc) is 3.49. The van der Waals surface area contributed by atoms with Gasteiger partial charge in [0.1, 0.15) is 39.0 Å². The third kappa shape index (κ3) is 3.65. The number of nitrogens with one attached hydrogen (secondary N) is 1. The molecule has 2 aliphatic rings. The second-order valence-corrected chi connectivity index (χ2v) is 10.2. The lowest BCUT2D eigenvalue weighted by molar-refractivity contribution is -0.123. The van der Waals surface area contributed by atoms with E-state index < -0.39 is 28.5 Å². The van der Waals surface area contributed by atoms with Crippen LogP contribution in [-0.4, -0.2) is 32.5 Å². The lowest BCUT2D eigenvalue weighted by Crippen LogP contribution is -2.41. The predicted octanol–water partition coefficient (Wildman–Crippen LogP) is 4.48. The molecule has 188 valence electrons. The molecule has 0 fully saturated rings. The van der Waals surface area contributed by atoms with Gasteiger partial charge in [0.25, 0.3) is 0 Å². The second kappa shape index (κ2) is 8.70. The molecule has 0 saturated heterocycles. The van der Waals surface area contributed by atoms with Crippen molar-refractivity contribution in [3.05, 3.63) is 81.2 Å². The first kappa shape index (κ1) is 24.5. The Balaban J connectivity index is 1.53. The minimum atomic E-state index is -1.54. The van der Waals surface area contributed by atoms with E-state index in [0.717, 1.165) is 16.1 Å². The van der Waals surface area contributed by atoms with E-state index in [1.807, 2.05) is 29.6 Å². The van der Waals surface area contributed by atoms with Crippen molar-refractivity contribution in [3.8, 4) is 27.8 Å². The Labute approximate surface area is 216 Å². The quantitative estimate of drug-likeness (QED) is 0.257. The van der Waals surface area contributed by atoms with Crippen molar-refractivity contribution in [1.82, 2.24) is 10.3 Å². The molecule has 1 aromatic heterocycles. The summed E-state index contributed by atoms with van der Waals surface area (Å²) < 4.78 is 5.80. The summed E-state index contributed by atoms with van der Waals surface area (Å²) in [5.74, 6) is -2.47. The van der Waals surface area contributed by atoms with Gasteiger partial charge >= 0.3 is 0 Å². The Morgan fingerprint density at radius 2 is 1.95 bits per heavy atom. The van der Waals surface area contributed by atoms with Crippen molar-refractivity contribution < 1.29 is 29.3 Å². The number of aromatic nitrogens is 1. The molecule has 0 radical (unpaired) electrons. The van der Waals surface area contributed by atoms with Gasteiger partial charge in [-0.05, 0) is 39.3 Å². The van der Waals surface area contributed by atoms with Gasteiger partial charge in [0.2, 0.25) is 0 Å². The van der Waals surface area contributed by atoms with Crippen molar-refractivity contribution in [2.45, 2.75) is 39.7 Å². The van der Waals surface area contributed by atoms with Gasteiger partial charge in [0, 0.05) is 41.0 Å². The number of hydrogen-bond acceptors (Lipinski definition) is 9. The van der Waals surface area contributed by atoms with Crippen molar-refractivity contribution in [3.63, 3.8) is 0 Å². The first-order valence-electron chi connectivity index (χ1n) is 11.6. The van der Waals surface area contributed by atoms with E-state index in [1.54, 1.807) is 20.0 Å². The number of carbonyl (C=O) groups is 3. The van der Waals surface area contributed by atoms with Gasteiger partial charge in [-0.2, -0.15) is 0 Å². The predicted molar refractivity (Wildman–Crippen MR) is 138 cm³/mol. The van der Waals surface area contributed by atoms with Crippen LogP contribution in [0, 0.1) is 6.92 Å². The number of hydrogen-bond donors (Lipinski definition) is 3. The molecule has 8 nitrogen and oxygen atoms in total. The second-order valence-electron chi connectivity index (χ2n) is 9.28. The molecular weight excluding hydrogens is 492 g/mol. The monoisotopic (exact) mass is 516 g/mol. The number of ketones is 3. The Morgan fingerprint density at radius 1 is 1.19 bits per heavy atom. The first-order valence-corrected chi connectivity index (χ1v) is 12.5. The molecule has 0 amide bonds. The van der Waals surface area contributed by atoms with E-state index in [2.05, 4.69) is 10.3 Å². The molecule has 0 spiro atoms. The number of phenolic OH excluding ortho intramolecular Hbond substituents is 2. The molecule has 5 rings (SSSR count). The summed E-state index contributed by atoms with van der Waals surface area (Å²) in [6, 6.07) is 7.81. The van der Waals surface area contributed by atoms with Crippen LogP contribution in [0.2, 0.25) is 0 Å². The SMILES string of the molecule is CC(=O)c1c(O)c(C)c(O)c2c1OC1=CC(=O)/C(=C(/C)NCc3cccc(-c4nccs4)c3)C(=O)[C@@]12C. The zero-order valence-corrected chi connectivity index (χ0v) is 21.4. The molecule has 1 aliphatic heterocycles. The summed E-state index contributed by atoms with van der Waals surface area (Å²) in [5.41, 5.74) is 0.671. The molecular formula is C28H24N2O6S. The van der Waals surface area contributed by atoms with E-state index in [1.165, 1.54) is 31.3 Å². The average molecular weight is 517 g/mol. The Hall–Kier alpha value is -4.24. The topological polar surface area (TPSA) is 126 Å². The van der Waals surface area contributed by atoms with E-state index in [-0.39, 0.29) is 39.5 Å². The van der Waals surface area contributed by atoms with Crippen LogP contribution in [0.1, 0.15) is 47.8 Å². The standard InChI is InChI=1S/C28H24N2O6S/c1-13-23(33)21(15(3)31)25-22(24(13)34)28(4)19(36-25)11-18(32)20(26(28)35)14(2)30-12-16-6-5-7-17(10-16)27-29-8-9-37-27/h5-11,30,33-34H,12H2,1-4H3/b20-14+/t28-/m0/s1. The summed E-state index contributed by atoms with van der Waals surface area (Å²) in [7, 11) is 0. The molecule has 0 saturated carbocycles. The summed E-state index contributed by atoms with van der Waals surface area (Å²) in [6.45, 7) is 6.26. The smallest absolute Gasteiger partial charge is 0.194 e. The van der Waals surface area contributed by atoms with Crippen LogP contribution in [0.4, 0.5) is 0 Å². The van der Waals surface area contributed by atoms with E-state index in [9.17, 15) is 24.6 Å². The molecule has 37 heavy (non-hydrogen) atoms. The highest BCUT2D eigenvalue weighted by Gasteiger charge is 2.56. The van der Waals surface area contributed by atoms with Crippen LogP contribution in [0.3, 0.4) is 0 Å². The summed E-state index contributed by atoms with van der Waals surface area (Å²) in [6.07, 6.45) is 2.95. The summed E-state index contributed by atoms with van der Waals surface area (Å²) in [4.78, 5) is 43.6. The Kier molecular flexibility index (Phi) is 5.75. The lowest BCUT2D eigenvalue weighted by atomic mass is 9.70. The molecule has 0 bridgehead atoms. The molecule has 1 aliphatic carbocycles. The number of ether oxygens (including phenoxy) is 1. The van der Waals surface area contributed by atoms with Crippen molar-refractivity contribution in [2.75, 3.05) is 0 Å². The van der Waals surface area contributed by atoms with Gasteiger partial charge in [-0.25, -0.2) is 4.98 Å². The number of thiazole rings is 1. The Morgan fingerprint density at radius 3 is 2.62 bits per heavy atom. The van der Waals surface area contributed by atoms with Crippen LogP contribution in [-0.2, 0) is 21.5 Å². The van der Waals surface area contributed by atoms with Gasteiger partial charge in [-0.3, -0.25) is 14.4 Å². The van der Waals surface area contributed by atoms with Gasteiger partial charge < -0.3 is 20.3 Å². The molecule has 1 atom stereocenters. The van der Waals surface area contributed by atoms with Crippen LogP contribution >= 0.6 is 11.3 Å². The minimum absolute atomic E-state index is 0.00741. The molecule has 3 N–H and O–H groups in total. The molecule has 2 heterocycles. The van der Waals surface area contributed by atoms with Crippen molar-refractivity contribution in [1.29, 1.82) is 0 Å². The van der Waals surface area contributed by atoms with Crippen LogP contribution in [0.25, 0.3) is 10.6 Å². The maximum Gasteiger partial charge on any atom is 0.194 e. The van der Waals surface area contributed by atoms with E-state index in [0.29, 0.717) is 12.2 Å².